The van der Waals surface area contributed by atoms with Crippen LogP contribution in [0.1, 0.15) is 26.2 Å². The number of urea groups is 1. The van der Waals surface area contributed by atoms with Crippen LogP contribution in [0.4, 0.5) is 4.79 Å². The zero-order chi connectivity index (χ0) is 13.6. The van der Waals surface area contributed by atoms with Crippen molar-refractivity contribution in [3.05, 3.63) is 0 Å². The lowest BCUT2D eigenvalue weighted by atomic mass is 10.1. The monoisotopic (exact) mass is 260 g/mol. The second-order valence-corrected chi connectivity index (χ2v) is 4.63. The average molecular weight is 260 g/mol. The van der Waals surface area contributed by atoms with E-state index in [9.17, 15) is 14.7 Å². The number of aliphatic carboxylic acids is 1. The van der Waals surface area contributed by atoms with Gasteiger partial charge in [-0.05, 0) is 26.2 Å². The number of hydrogen-bond donors (Lipinski definition) is 4. The predicted molar refractivity (Wildman–Crippen MR) is 63.3 cm³/mol. The summed E-state index contributed by atoms with van der Waals surface area (Å²) in [6.45, 7) is 1.88. The van der Waals surface area contributed by atoms with E-state index in [4.69, 9.17) is 9.84 Å². The van der Waals surface area contributed by atoms with Crippen LogP contribution in [0, 0.1) is 0 Å². The topological polar surface area (TPSA) is 108 Å². The van der Waals surface area contributed by atoms with Crippen LogP contribution in [0.25, 0.3) is 0 Å². The van der Waals surface area contributed by atoms with Crippen LogP contribution >= 0.6 is 0 Å². The molecule has 0 aromatic rings. The Morgan fingerprint density at radius 2 is 2.11 bits per heavy atom. The first-order chi connectivity index (χ1) is 8.42. The first kappa shape index (κ1) is 14.7. The fraction of sp³-hybridized carbons (Fsp3) is 0.818. The van der Waals surface area contributed by atoms with E-state index in [1.165, 1.54) is 0 Å². The van der Waals surface area contributed by atoms with Crippen molar-refractivity contribution < 1.29 is 24.5 Å². The fourth-order valence-corrected chi connectivity index (χ4v) is 1.57. The minimum absolute atomic E-state index is 0.0180. The van der Waals surface area contributed by atoms with Crippen molar-refractivity contribution in [3.8, 4) is 0 Å². The van der Waals surface area contributed by atoms with Crippen LogP contribution in [0.15, 0.2) is 0 Å². The van der Waals surface area contributed by atoms with E-state index in [0.717, 1.165) is 26.2 Å². The minimum atomic E-state index is -1.96. The van der Waals surface area contributed by atoms with E-state index in [1.54, 1.807) is 0 Å². The molecular formula is C11H20N2O5. The molecule has 1 saturated heterocycles. The van der Waals surface area contributed by atoms with Crippen molar-refractivity contribution in [2.45, 2.75) is 37.9 Å². The summed E-state index contributed by atoms with van der Waals surface area (Å²) in [6.07, 6.45) is 3.06. The molecule has 18 heavy (non-hydrogen) atoms. The first-order valence-electron chi connectivity index (χ1n) is 6.01. The van der Waals surface area contributed by atoms with E-state index >= 15 is 0 Å². The molecule has 2 unspecified atom stereocenters. The third-order valence-electron chi connectivity index (χ3n) is 2.82. The minimum Gasteiger partial charge on any atom is -0.479 e. The SMILES string of the molecule is CC(O)(CNC(=O)NCC1CCCCO1)C(=O)O. The lowest BCUT2D eigenvalue weighted by Crippen LogP contribution is -2.50. The van der Waals surface area contributed by atoms with Gasteiger partial charge in [-0.15, -0.1) is 0 Å². The molecule has 104 valence electrons. The van der Waals surface area contributed by atoms with E-state index in [2.05, 4.69) is 10.6 Å². The highest BCUT2D eigenvalue weighted by molar-refractivity contribution is 5.79. The van der Waals surface area contributed by atoms with Crippen molar-refractivity contribution in [2.24, 2.45) is 0 Å². The molecule has 0 aromatic heterocycles. The Hall–Kier alpha value is -1.34. The molecule has 2 atom stereocenters. The molecule has 1 aliphatic heterocycles. The maximum Gasteiger partial charge on any atom is 0.337 e. The molecule has 4 N–H and O–H groups in total. The van der Waals surface area contributed by atoms with Gasteiger partial charge in [0, 0.05) is 13.2 Å². The lowest BCUT2D eigenvalue weighted by Gasteiger charge is -2.23. The quantitative estimate of drug-likeness (QED) is 0.542. The molecule has 1 aliphatic rings. The second-order valence-electron chi connectivity index (χ2n) is 4.63. The van der Waals surface area contributed by atoms with Gasteiger partial charge in [0.05, 0.1) is 12.6 Å². The van der Waals surface area contributed by atoms with E-state index < -0.39 is 17.6 Å². The normalized spacial score (nSPS) is 22.9. The van der Waals surface area contributed by atoms with Gasteiger partial charge in [-0.2, -0.15) is 0 Å². The van der Waals surface area contributed by atoms with Crippen LogP contribution in [-0.2, 0) is 9.53 Å². The number of amides is 2. The number of carbonyl (C=O) groups is 2. The van der Waals surface area contributed by atoms with Crippen molar-refractivity contribution in [2.75, 3.05) is 19.7 Å². The molecule has 1 rings (SSSR count). The highest BCUT2D eigenvalue weighted by Gasteiger charge is 2.30. The van der Waals surface area contributed by atoms with Crippen LogP contribution < -0.4 is 10.6 Å². The number of hydrogen-bond acceptors (Lipinski definition) is 4. The van der Waals surface area contributed by atoms with Crippen molar-refractivity contribution in [1.82, 2.24) is 10.6 Å². The Morgan fingerprint density at radius 1 is 1.39 bits per heavy atom. The summed E-state index contributed by atoms with van der Waals surface area (Å²) in [5, 5.41) is 22.9. The molecule has 7 heteroatoms. The van der Waals surface area contributed by atoms with Gasteiger partial charge in [-0.1, -0.05) is 0 Å². The van der Waals surface area contributed by atoms with Gasteiger partial charge in [-0.3, -0.25) is 0 Å². The lowest BCUT2D eigenvalue weighted by molar-refractivity contribution is -0.155. The number of aliphatic hydroxyl groups is 1. The van der Waals surface area contributed by atoms with Gasteiger partial charge in [0.25, 0.3) is 0 Å². The fourth-order valence-electron chi connectivity index (χ4n) is 1.57. The van der Waals surface area contributed by atoms with Gasteiger partial charge in [0.2, 0.25) is 0 Å². The van der Waals surface area contributed by atoms with Gasteiger partial charge in [0.1, 0.15) is 0 Å². The zero-order valence-electron chi connectivity index (χ0n) is 10.4. The standard InChI is InChI=1S/C11H20N2O5/c1-11(17,9(14)15)7-13-10(16)12-6-8-4-2-3-5-18-8/h8,17H,2-7H2,1H3,(H,14,15)(H2,12,13,16). The Kier molecular flexibility index (Phi) is 5.36. The number of carboxylic acid groups (broad SMARTS) is 1. The number of rotatable bonds is 5. The summed E-state index contributed by atoms with van der Waals surface area (Å²) >= 11 is 0. The summed E-state index contributed by atoms with van der Waals surface area (Å²) in [5.74, 6) is -1.38. The maximum atomic E-state index is 11.4. The van der Waals surface area contributed by atoms with E-state index in [1.807, 2.05) is 0 Å². The van der Waals surface area contributed by atoms with Gasteiger partial charge in [0.15, 0.2) is 5.60 Å². The number of carbonyl (C=O) groups excluding carboxylic acids is 1. The van der Waals surface area contributed by atoms with Gasteiger partial charge in [-0.25, -0.2) is 9.59 Å². The predicted octanol–water partition coefficient (Wildman–Crippen LogP) is -0.310. The molecule has 0 saturated carbocycles. The molecule has 1 fully saturated rings. The molecule has 0 aromatic carbocycles. The number of ether oxygens (including phenoxy) is 1. The number of carboxylic acids is 1. The van der Waals surface area contributed by atoms with Crippen LogP contribution in [0.3, 0.4) is 0 Å². The van der Waals surface area contributed by atoms with Crippen molar-refractivity contribution >= 4 is 12.0 Å². The zero-order valence-corrected chi connectivity index (χ0v) is 10.4. The third kappa shape index (κ3) is 4.89. The molecule has 0 spiro atoms. The highest BCUT2D eigenvalue weighted by atomic mass is 16.5. The molecule has 2 amide bonds. The number of nitrogens with one attached hydrogen (secondary N) is 2. The Bertz CT molecular complexity index is 300. The summed E-state index contributed by atoms with van der Waals surface area (Å²) < 4.78 is 5.43. The van der Waals surface area contributed by atoms with Gasteiger partial charge >= 0.3 is 12.0 Å². The maximum absolute atomic E-state index is 11.4. The van der Waals surface area contributed by atoms with E-state index in [-0.39, 0.29) is 12.6 Å². The van der Waals surface area contributed by atoms with Gasteiger partial charge < -0.3 is 25.6 Å². The van der Waals surface area contributed by atoms with Crippen LogP contribution in [0.2, 0.25) is 0 Å². The molecule has 0 bridgehead atoms. The average Bonchev–Trinajstić information content (AvgIpc) is 2.35. The largest absolute Gasteiger partial charge is 0.479 e. The van der Waals surface area contributed by atoms with Crippen LogP contribution in [0.5, 0.6) is 0 Å². The summed E-state index contributed by atoms with van der Waals surface area (Å²) in [5.41, 5.74) is -1.96. The summed E-state index contributed by atoms with van der Waals surface area (Å²) in [6, 6.07) is -0.509. The highest BCUT2D eigenvalue weighted by Crippen LogP contribution is 2.11. The molecule has 0 aliphatic carbocycles. The smallest absolute Gasteiger partial charge is 0.337 e. The Morgan fingerprint density at radius 3 is 2.67 bits per heavy atom. The Labute approximate surface area is 106 Å². The Balaban J connectivity index is 2.19. The molecule has 1 heterocycles. The summed E-state index contributed by atoms with van der Waals surface area (Å²) in [4.78, 5) is 22.0. The molecule has 7 nitrogen and oxygen atoms in total. The van der Waals surface area contributed by atoms with Crippen molar-refractivity contribution in [3.63, 3.8) is 0 Å². The third-order valence-corrected chi connectivity index (χ3v) is 2.82. The van der Waals surface area contributed by atoms with E-state index in [0.29, 0.717) is 13.2 Å². The van der Waals surface area contributed by atoms with Crippen molar-refractivity contribution in [1.29, 1.82) is 0 Å². The second kappa shape index (κ2) is 6.55. The molecule has 0 radical (unpaired) electrons. The van der Waals surface area contributed by atoms with Crippen LogP contribution in [-0.4, -0.2) is 53.6 Å². The summed E-state index contributed by atoms with van der Waals surface area (Å²) in [7, 11) is 0. The molecular weight excluding hydrogens is 240 g/mol. The first-order valence-corrected chi connectivity index (χ1v) is 6.01.